The van der Waals surface area contributed by atoms with Crippen LogP contribution in [0, 0.1) is 3.57 Å². The Bertz CT molecular complexity index is 811. The van der Waals surface area contributed by atoms with Crippen molar-refractivity contribution in [3.63, 3.8) is 0 Å². The fourth-order valence-electron chi connectivity index (χ4n) is 2.75. The summed E-state index contributed by atoms with van der Waals surface area (Å²) in [4.78, 5) is 20.6. The van der Waals surface area contributed by atoms with Gasteiger partial charge in [-0.3, -0.25) is 4.79 Å². The van der Waals surface area contributed by atoms with Gasteiger partial charge in [0.15, 0.2) is 0 Å². The van der Waals surface area contributed by atoms with E-state index in [0.29, 0.717) is 12.1 Å². The minimum absolute atomic E-state index is 0.0883. The second kappa shape index (κ2) is 8.44. The van der Waals surface area contributed by atoms with Crippen LogP contribution in [0.25, 0.3) is 11.0 Å². The first-order chi connectivity index (χ1) is 12.2. The summed E-state index contributed by atoms with van der Waals surface area (Å²) in [7, 11) is 0. The van der Waals surface area contributed by atoms with Crippen molar-refractivity contribution in [3.8, 4) is 0 Å². The third-order valence-corrected chi connectivity index (χ3v) is 4.82. The average molecular weight is 448 g/mol. The van der Waals surface area contributed by atoms with E-state index in [0.717, 1.165) is 39.7 Å². The Kier molecular flexibility index (Phi) is 6.04. The number of unbranched alkanes of at least 4 members (excludes halogenated alkanes) is 1. The van der Waals surface area contributed by atoms with Crippen molar-refractivity contribution in [2.75, 3.05) is 6.54 Å². The predicted molar refractivity (Wildman–Crippen MR) is 108 cm³/mol. The Morgan fingerprint density at radius 3 is 2.64 bits per heavy atom. The number of hydrogen-bond donors (Lipinski definition) is 3. The van der Waals surface area contributed by atoms with Gasteiger partial charge in [0.1, 0.15) is 5.82 Å². The Labute approximate surface area is 160 Å². The minimum atomic E-state index is -0.161. The lowest BCUT2D eigenvalue weighted by atomic mass is 10.1. The second-order valence-electron chi connectivity index (χ2n) is 5.96. The number of aromatic nitrogens is 2. The van der Waals surface area contributed by atoms with E-state index in [1.807, 2.05) is 48.5 Å². The molecule has 25 heavy (non-hydrogen) atoms. The van der Waals surface area contributed by atoms with Crippen LogP contribution < -0.4 is 11.1 Å². The lowest BCUT2D eigenvalue weighted by Gasteiger charge is -2.17. The summed E-state index contributed by atoms with van der Waals surface area (Å²) in [5.74, 6) is 0.701. The Morgan fingerprint density at radius 1 is 1.16 bits per heavy atom. The Hall–Kier alpha value is -1.93. The van der Waals surface area contributed by atoms with E-state index in [2.05, 4.69) is 37.9 Å². The predicted octanol–water partition coefficient (Wildman–Crippen LogP) is 3.77. The van der Waals surface area contributed by atoms with Crippen LogP contribution in [-0.2, 0) is 0 Å². The number of nitrogens with one attached hydrogen (secondary N) is 2. The molecule has 0 aliphatic heterocycles. The average Bonchev–Trinajstić information content (AvgIpc) is 3.05. The molecule has 1 heterocycles. The number of carbonyl (C=O) groups excluding carboxylic acids is 1. The van der Waals surface area contributed by atoms with Gasteiger partial charge in [-0.1, -0.05) is 12.1 Å². The number of amides is 1. The van der Waals surface area contributed by atoms with Crippen molar-refractivity contribution < 1.29 is 4.79 Å². The largest absolute Gasteiger partial charge is 0.342 e. The van der Waals surface area contributed by atoms with E-state index in [1.165, 1.54) is 0 Å². The molecule has 0 spiro atoms. The second-order valence-corrected chi connectivity index (χ2v) is 7.20. The molecule has 1 atom stereocenters. The molecule has 3 aromatic rings. The summed E-state index contributed by atoms with van der Waals surface area (Å²) in [6.45, 7) is 0.651. The van der Waals surface area contributed by atoms with Crippen molar-refractivity contribution in [3.05, 3.63) is 63.5 Å². The first-order valence-electron chi connectivity index (χ1n) is 8.38. The third-order valence-electron chi connectivity index (χ3n) is 4.10. The van der Waals surface area contributed by atoms with Gasteiger partial charge >= 0.3 is 0 Å². The number of fused-ring (bicyclic) bond motifs is 1. The summed E-state index contributed by atoms with van der Waals surface area (Å²) in [6.07, 6.45) is 2.66. The van der Waals surface area contributed by atoms with Gasteiger partial charge in [0.2, 0.25) is 0 Å². The number of rotatable bonds is 7. The SMILES string of the molecule is NCCCC[C@H](NC(=O)c1ccc(I)cc1)c1nc2ccccc2[nH]1. The van der Waals surface area contributed by atoms with E-state index in [4.69, 9.17) is 5.73 Å². The van der Waals surface area contributed by atoms with Gasteiger partial charge in [-0.2, -0.15) is 0 Å². The highest BCUT2D eigenvalue weighted by molar-refractivity contribution is 14.1. The maximum atomic E-state index is 12.6. The van der Waals surface area contributed by atoms with Crippen molar-refractivity contribution in [1.29, 1.82) is 0 Å². The molecule has 0 bridgehead atoms. The molecule has 1 amide bonds. The lowest BCUT2D eigenvalue weighted by molar-refractivity contribution is 0.0932. The van der Waals surface area contributed by atoms with Crippen LogP contribution in [0.5, 0.6) is 0 Å². The first kappa shape index (κ1) is 17.9. The van der Waals surface area contributed by atoms with Crippen LogP contribution in [-0.4, -0.2) is 22.4 Å². The zero-order valence-corrected chi connectivity index (χ0v) is 16.0. The molecule has 130 valence electrons. The van der Waals surface area contributed by atoms with Gasteiger partial charge in [0.05, 0.1) is 17.1 Å². The van der Waals surface area contributed by atoms with Crippen molar-refractivity contribution in [1.82, 2.24) is 15.3 Å². The zero-order chi connectivity index (χ0) is 17.6. The molecule has 0 saturated carbocycles. The van der Waals surface area contributed by atoms with Crippen molar-refractivity contribution >= 4 is 39.5 Å². The standard InChI is InChI=1S/C19H21IN4O/c20-14-10-8-13(9-11-14)19(25)24-17(7-3-4-12-21)18-22-15-5-1-2-6-16(15)23-18/h1-2,5-6,8-11,17H,3-4,7,12,21H2,(H,22,23)(H,24,25)/t17-/m0/s1. The highest BCUT2D eigenvalue weighted by Crippen LogP contribution is 2.21. The zero-order valence-electron chi connectivity index (χ0n) is 13.8. The van der Waals surface area contributed by atoms with E-state index < -0.39 is 0 Å². The van der Waals surface area contributed by atoms with Gasteiger partial charge in [-0.05, 0) is 84.8 Å². The number of imidazole rings is 1. The molecule has 1 aromatic heterocycles. The topological polar surface area (TPSA) is 83.8 Å². The molecular weight excluding hydrogens is 427 g/mol. The summed E-state index contributed by atoms with van der Waals surface area (Å²) >= 11 is 2.23. The normalized spacial score (nSPS) is 12.2. The molecule has 3 rings (SSSR count). The smallest absolute Gasteiger partial charge is 0.251 e. The summed E-state index contributed by atoms with van der Waals surface area (Å²) < 4.78 is 1.10. The van der Waals surface area contributed by atoms with Gasteiger partial charge in [0.25, 0.3) is 5.91 Å². The monoisotopic (exact) mass is 448 g/mol. The molecule has 0 aliphatic carbocycles. The van der Waals surface area contributed by atoms with E-state index in [9.17, 15) is 4.79 Å². The van der Waals surface area contributed by atoms with E-state index in [-0.39, 0.29) is 11.9 Å². The van der Waals surface area contributed by atoms with Crippen LogP contribution in [0.15, 0.2) is 48.5 Å². The number of halogens is 1. The molecule has 0 radical (unpaired) electrons. The van der Waals surface area contributed by atoms with Crippen LogP contribution >= 0.6 is 22.6 Å². The molecule has 0 aliphatic rings. The number of benzene rings is 2. The quantitative estimate of drug-likeness (QED) is 0.380. The summed E-state index contributed by atoms with van der Waals surface area (Å²) in [6, 6.07) is 15.3. The van der Waals surface area contributed by atoms with Gasteiger partial charge in [-0.15, -0.1) is 0 Å². The van der Waals surface area contributed by atoms with Gasteiger partial charge < -0.3 is 16.0 Å². The number of hydrogen-bond acceptors (Lipinski definition) is 3. The maximum Gasteiger partial charge on any atom is 0.251 e. The fourth-order valence-corrected chi connectivity index (χ4v) is 3.11. The molecule has 2 aromatic carbocycles. The number of aromatic amines is 1. The highest BCUT2D eigenvalue weighted by atomic mass is 127. The van der Waals surface area contributed by atoms with Crippen molar-refractivity contribution in [2.45, 2.75) is 25.3 Å². The Morgan fingerprint density at radius 2 is 1.92 bits per heavy atom. The van der Waals surface area contributed by atoms with Crippen LogP contribution in [0.4, 0.5) is 0 Å². The lowest BCUT2D eigenvalue weighted by Crippen LogP contribution is -2.29. The van der Waals surface area contributed by atoms with Crippen LogP contribution in [0.1, 0.15) is 41.5 Å². The number of H-pyrrole nitrogens is 1. The molecular formula is C19H21IN4O. The maximum absolute atomic E-state index is 12.6. The van der Waals surface area contributed by atoms with Gasteiger partial charge in [-0.25, -0.2) is 4.98 Å². The highest BCUT2D eigenvalue weighted by Gasteiger charge is 2.19. The number of para-hydroxylation sites is 2. The molecule has 5 nitrogen and oxygen atoms in total. The number of carbonyl (C=O) groups is 1. The van der Waals surface area contributed by atoms with Gasteiger partial charge in [0, 0.05) is 9.13 Å². The minimum Gasteiger partial charge on any atom is -0.342 e. The van der Waals surface area contributed by atoms with E-state index >= 15 is 0 Å². The number of nitrogens with two attached hydrogens (primary N) is 1. The van der Waals surface area contributed by atoms with Crippen LogP contribution in [0.2, 0.25) is 0 Å². The van der Waals surface area contributed by atoms with E-state index in [1.54, 1.807) is 0 Å². The van der Waals surface area contributed by atoms with Crippen molar-refractivity contribution in [2.24, 2.45) is 5.73 Å². The summed E-state index contributed by atoms with van der Waals surface area (Å²) in [5.41, 5.74) is 8.15. The fraction of sp³-hybridized carbons (Fsp3) is 0.263. The molecule has 6 heteroatoms. The summed E-state index contributed by atoms with van der Waals surface area (Å²) in [5, 5.41) is 3.11. The molecule has 0 fully saturated rings. The number of nitrogens with zero attached hydrogens (tertiary/aromatic N) is 1. The molecule has 0 unspecified atom stereocenters. The van der Waals surface area contributed by atoms with Crippen LogP contribution in [0.3, 0.4) is 0 Å². The third kappa shape index (κ3) is 4.58. The molecule has 4 N–H and O–H groups in total. The molecule has 0 saturated heterocycles. The first-order valence-corrected chi connectivity index (χ1v) is 9.46. The Balaban J connectivity index is 1.80.